The lowest BCUT2D eigenvalue weighted by molar-refractivity contribution is -0.385. The van der Waals surface area contributed by atoms with E-state index >= 15 is 0 Å². The summed E-state index contributed by atoms with van der Waals surface area (Å²) in [5, 5.41) is 13.3. The van der Waals surface area contributed by atoms with Crippen LogP contribution in [0.1, 0.15) is 11.1 Å². The van der Waals surface area contributed by atoms with Gasteiger partial charge in [-0.3, -0.25) is 29.4 Å². The normalized spacial score (nSPS) is 15.6. The highest BCUT2D eigenvalue weighted by Crippen LogP contribution is 2.40. The van der Waals surface area contributed by atoms with E-state index in [0.29, 0.717) is 54.3 Å². The number of nitro benzene ring substituents is 1. The largest absolute Gasteiger partial charge is 0.486 e. The van der Waals surface area contributed by atoms with Crippen LogP contribution >= 0.6 is 11.8 Å². The second kappa shape index (κ2) is 11.4. The number of anilines is 1. The van der Waals surface area contributed by atoms with Gasteiger partial charge in [0.05, 0.1) is 15.4 Å². The third kappa shape index (κ3) is 6.15. The van der Waals surface area contributed by atoms with Gasteiger partial charge in [-0.1, -0.05) is 18.2 Å². The predicted octanol–water partition coefficient (Wildman–Crippen LogP) is 5.85. The van der Waals surface area contributed by atoms with Crippen LogP contribution in [0.2, 0.25) is 0 Å². The van der Waals surface area contributed by atoms with Crippen molar-refractivity contribution in [3.05, 3.63) is 86.8 Å². The number of amides is 3. The number of benzene rings is 3. The number of carbonyl (C=O) groups excluding carboxylic acids is 3. The molecule has 1 fully saturated rings. The van der Waals surface area contributed by atoms with Gasteiger partial charge in [0.25, 0.3) is 11.1 Å². The molecule has 11 nitrogen and oxygen atoms in total. The third-order valence-electron chi connectivity index (χ3n) is 5.91. The van der Waals surface area contributed by atoms with Crippen LogP contribution in [0, 0.1) is 10.1 Å². The van der Waals surface area contributed by atoms with Crippen LogP contribution in [0.5, 0.6) is 23.0 Å². The van der Waals surface area contributed by atoms with Gasteiger partial charge in [-0.25, -0.2) is 0 Å². The number of carbonyl (C=O) groups is 3. The molecule has 0 atom stereocenters. The molecule has 216 valence electrons. The summed E-state index contributed by atoms with van der Waals surface area (Å²) in [4.78, 5) is 49.3. The summed E-state index contributed by atoms with van der Waals surface area (Å²) in [6, 6.07) is 12.5. The highest BCUT2D eigenvalue weighted by Gasteiger charge is 2.37. The molecule has 1 saturated heterocycles. The molecule has 3 aromatic carbocycles. The summed E-state index contributed by atoms with van der Waals surface area (Å²) in [5.41, 5.74) is -1.56. The van der Waals surface area contributed by atoms with E-state index in [1.807, 2.05) is 0 Å². The molecular formula is C27H18F3N3O8S. The van der Waals surface area contributed by atoms with Gasteiger partial charge in [0.2, 0.25) is 11.7 Å². The maximum Gasteiger partial charge on any atom is 0.416 e. The Kier molecular flexibility index (Phi) is 7.76. The Bertz CT molecular complexity index is 1640. The van der Waals surface area contributed by atoms with Crippen LogP contribution in [0.3, 0.4) is 0 Å². The molecule has 0 unspecified atom stereocenters. The van der Waals surface area contributed by atoms with Crippen LogP contribution in [-0.2, 0) is 15.8 Å². The Labute approximate surface area is 239 Å². The summed E-state index contributed by atoms with van der Waals surface area (Å²) in [6.07, 6.45) is -3.51. The highest BCUT2D eigenvalue weighted by molar-refractivity contribution is 8.18. The fourth-order valence-corrected chi connectivity index (χ4v) is 4.81. The molecular weight excluding hydrogens is 583 g/mol. The lowest BCUT2D eigenvalue weighted by atomic mass is 10.1. The van der Waals surface area contributed by atoms with Crippen molar-refractivity contribution >= 4 is 46.3 Å². The van der Waals surface area contributed by atoms with Crippen molar-refractivity contribution in [2.75, 3.05) is 25.1 Å². The molecule has 1 N–H and O–H groups in total. The molecule has 15 heteroatoms. The van der Waals surface area contributed by atoms with Gasteiger partial charge in [-0.05, 0) is 48.2 Å². The van der Waals surface area contributed by atoms with E-state index < -0.39 is 51.7 Å². The zero-order valence-corrected chi connectivity index (χ0v) is 22.0. The Morgan fingerprint density at radius 1 is 1.05 bits per heavy atom. The fourth-order valence-electron chi connectivity index (χ4n) is 3.98. The number of imide groups is 1. The Hall–Kier alpha value is -5.05. The fraction of sp³-hybridized carbons (Fsp3) is 0.148. The number of nitrogens with zero attached hydrogens (tertiary/aromatic N) is 2. The van der Waals surface area contributed by atoms with Crippen molar-refractivity contribution in [2.45, 2.75) is 6.18 Å². The Morgan fingerprint density at radius 3 is 2.52 bits per heavy atom. The van der Waals surface area contributed by atoms with Crippen LogP contribution in [0.4, 0.5) is 29.3 Å². The number of ether oxygens (including phenoxy) is 3. The number of thioether (sulfide) groups is 1. The highest BCUT2D eigenvalue weighted by atomic mass is 32.2. The first-order valence-electron chi connectivity index (χ1n) is 12.1. The van der Waals surface area contributed by atoms with Gasteiger partial charge in [-0.15, -0.1) is 0 Å². The van der Waals surface area contributed by atoms with Gasteiger partial charge < -0.3 is 19.5 Å². The van der Waals surface area contributed by atoms with Crippen molar-refractivity contribution in [2.24, 2.45) is 0 Å². The molecule has 3 amide bonds. The summed E-state index contributed by atoms with van der Waals surface area (Å²) >= 11 is 0.564. The van der Waals surface area contributed by atoms with Gasteiger partial charge in [0, 0.05) is 23.4 Å². The Morgan fingerprint density at radius 2 is 1.79 bits per heavy atom. The predicted molar refractivity (Wildman–Crippen MR) is 143 cm³/mol. The summed E-state index contributed by atoms with van der Waals surface area (Å²) in [5.74, 6) is -0.935. The maximum atomic E-state index is 13.1. The average molecular weight is 602 g/mol. The van der Waals surface area contributed by atoms with E-state index in [-0.39, 0.29) is 16.2 Å². The van der Waals surface area contributed by atoms with Crippen LogP contribution < -0.4 is 19.5 Å². The molecule has 0 radical (unpaired) electrons. The third-order valence-corrected chi connectivity index (χ3v) is 6.82. The molecule has 2 aliphatic rings. The van der Waals surface area contributed by atoms with E-state index in [2.05, 4.69) is 5.32 Å². The molecule has 3 aromatic rings. The van der Waals surface area contributed by atoms with Crippen LogP contribution in [0.15, 0.2) is 65.6 Å². The summed E-state index contributed by atoms with van der Waals surface area (Å²) in [7, 11) is 0. The first kappa shape index (κ1) is 28.5. The van der Waals surface area contributed by atoms with E-state index in [9.17, 15) is 37.7 Å². The summed E-state index contributed by atoms with van der Waals surface area (Å²) in [6.45, 7) is 0.173. The average Bonchev–Trinajstić information content (AvgIpc) is 3.20. The number of nitro groups is 1. The second-order valence-corrected chi connectivity index (χ2v) is 9.74. The van der Waals surface area contributed by atoms with Crippen molar-refractivity contribution in [1.82, 2.24) is 4.90 Å². The molecule has 2 aliphatic heterocycles. The number of nitrogens with one attached hydrogen (secondary N) is 1. The van der Waals surface area contributed by atoms with Crippen LogP contribution in [0.25, 0.3) is 6.08 Å². The molecule has 0 saturated carbocycles. The monoisotopic (exact) mass is 601 g/mol. The number of halogens is 3. The van der Waals surface area contributed by atoms with E-state index in [1.165, 1.54) is 24.3 Å². The van der Waals surface area contributed by atoms with E-state index in [1.54, 1.807) is 24.3 Å². The van der Waals surface area contributed by atoms with Gasteiger partial charge in [-0.2, -0.15) is 13.2 Å². The summed E-state index contributed by atoms with van der Waals surface area (Å²) < 4.78 is 55.7. The van der Waals surface area contributed by atoms with Crippen molar-refractivity contribution in [3.8, 4) is 23.0 Å². The minimum absolute atomic E-state index is 0.0245. The number of para-hydroxylation sites is 1. The van der Waals surface area contributed by atoms with Gasteiger partial charge >= 0.3 is 11.9 Å². The van der Waals surface area contributed by atoms with Crippen molar-refractivity contribution in [1.29, 1.82) is 0 Å². The van der Waals surface area contributed by atoms with Crippen LogP contribution in [-0.4, -0.2) is 46.6 Å². The first-order valence-corrected chi connectivity index (χ1v) is 12.9. The molecule has 42 heavy (non-hydrogen) atoms. The Balaban J connectivity index is 1.32. The SMILES string of the molecule is O=C(CN1C(=O)S/C(=C/c2ccccc2Oc2ccc(C(F)(F)F)cc2[N+](=O)[O-])C1=O)Nc1ccc2c(c1)OCCO2. The quantitative estimate of drug-likeness (QED) is 0.201. The van der Waals surface area contributed by atoms with Crippen molar-refractivity contribution < 1.29 is 46.7 Å². The molecule has 0 aromatic heterocycles. The molecule has 5 rings (SSSR count). The van der Waals surface area contributed by atoms with E-state index in [0.717, 1.165) is 11.0 Å². The minimum Gasteiger partial charge on any atom is -0.486 e. The standard InChI is InChI=1S/C27H18F3N3O8S/c28-27(29,30)16-5-7-20(18(12-16)33(37)38)41-19-4-2-1-3-15(19)11-23-25(35)32(26(36)42-23)14-24(34)31-17-6-8-21-22(13-17)40-10-9-39-21/h1-8,11-13H,9-10,14H2,(H,31,34)/b23-11+. The molecule has 0 aliphatic carbocycles. The van der Waals surface area contributed by atoms with Gasteiger partial charge in [0.1, 0.15) is 25.5 Å². The lowest BCUT2D eigenvalue weighted by Gasteiger charge is -2.19. The van der Waals surface area contributed by atoms with E-state index in [4.69, 9.17) is 14.2 Å². The number of hydrogen-bond acceptors (Lipinski definition) is 9. The zero-order valence-electron chi connectivity index (χ0n) is 21.2. The second-order valence-electron chi connectivity index (χ2n) is 8.75. The maximum absolute atomic E-state index is 13.1. The van der Waals surface area contributed by atoms with Crippen molar-refractivity contribution in [3.63, 3.8) is 0 Å². The molecule has 0 bridgehead atoms. The number of alkyl halides is 3. The topological polar surface area (TPSA) is 137 Å². The molecule has 0 spiro atoms. The smallest absolute Gasteiger partial charge is 0.416 e. The first-order chi connectivity index (χ1) is 20.0. The van der Waals surface area contributed by atoms with Gasteiger partial charge in [0.15, 0.2) is 11.5 Å². The number of rotatable bonds is 7. The number of fused-ring (bicyclic) bond motifs is 1. The number of hydrogen-bond donors (Lipinski definition) is 1. The zero-order chi connectivity index (χ0) is 30.0. The molecule has 2 heterocycles. The minimum atomic E-state index is -4.80. The lowest BCUT2D eigenvalue weighted by Crippen LogP contribution is -2.36.